The molecule has 2 rings (SSSR count). The van der Waals surface area contributed by atoms with Crippen LogP contribution in [-0.4, -0.2) is 33.8 Å². The SMILES string of the molecule is CCCCNC(=NCc1nnc2n1CCCC2)NCC. The van der Waals surface area contributed by atoms with Crippen molar-refractivity contribution in [1.29, 1.82) is 0 Å². The molecule has 0 aliphatic carbocycles. The zero-order valence-corrected chi connectivity index (χ0v) is 12.7. The summed E-state index contributed by atoms with van der Waals surface area (Å²) in [4.78, 5) is 4.61. The molecule has 0 aromatic carbocycles. The van der Waals surface area contributed by atoms with E-state index in [1.165, 1.54) is 19.3 Å². The summed E-state index contributed by atoms with van der Waals surface area (Å²) in [5, 5.41) is 15.1. The average molecular weight is 278 g/mol. The van der Waals surface area contributed by atoms with Gasteiger partial charge < -0.3 is 15.2 Å². The Bertz CT molecular complexity index is 437. The fraction of sp³-hybridized carbons (Fsp3) is 0.786. The largest absolute Gasteiger partial charge is 0.357 e. The fourth-order valence-electron chi connectivity index (χ4n) is 2.36. The van der Waals surface area contributed by atoms with Crippen molar-refractivity contribution < 1.29 is 0 Å². The molecule has 0 spiro atoms. The van der Waals surface area contributed by atoms with Crippen LogP contribution in [0.25, 0.3) is 0 Å². The Morgan fingerprint density at radius 3 is 2.95 bits per heavy atom. The van der Waals surface area contributed by atoms with Gasteiger partial charge in [0.15, 0.2) is 11.8 Å². The molecule has 0 saturated heterocycles. The first-order chi connectivity index (χ1) is 9.85. The maximum atomic E-state index is 4.61. The molecule has 20 heavy (non-hydrogen) atoms. The van der Waals surface area contributed by atoms with E-state index in [-0.39, 0.29) is 0 Å². The molecule has 6 nitrogen and oxygen atoms in total. The first kappa shape index (κ1) is 14.8. The highest BCUT2D eigenvalue weighted by Gasteiger charge is 2.15. The molecule has 112 valence electrons. The maximum absolute atomic E-state index is 4.61. The minimum absolute atomic E-state index is 0.592. The van der Waals surface area contributed by atoms with Gasteiger partial charge in [-0.15, -0.1) is 10.2 Å². The van der Waals surface area contributed by atoms with E-state index >= 15 is 0 Å². The van der Waals surface area contributed by atoms with Crippen molar-refractivity contribution in [1.82, 2.24) is 25.4 Å². The third-order valence-electron chi connectivity index (χ3n) is 3.48. The summed E-state index contributed by atoms with van der Waals surface area (Å²) < 4.78 is 2.22. The number of guanidine groups is 1. The third-order valence-corrected chi connectivity index (χ3v) is 3.48. The van der Waals surface area contributed by atoms with Crippen LogP contribution in [-0.2, 0) is 19.5 Å². The third kappa shape index (κ3) is 3.95. The van der Waals surface area contributed by atoms with Gasteiger partial charge in [0.05, 0.1) is 0 Å². The first-order valence-corrected chi connectivity index (χ1v) is 7.78. The monoisotopic (exact) mass is 278 g/mol. The predicted molar refractivity (Wildman–Crippen MR) is 80.7 cm³/mol. The van der Waals surface area contributed by atoms with Gasteiger partial charge in [-0.05, 0) is 26.2 Å². The van der Waals surface area contributed by atoms with Crippen LogP contribution in [0.2, 0.25) is 0 Å². The highest BCUT2D eigenvalue weighted by Crippen LogP contribution is 2.14. The molecule has 0 radical (unpaired) electrons. The van der Waals surface area contributed by atoms with Crippen molar-refractivity contribution in [2.75, 3.05) is 13.1 Å². The summed E-state index contributed by atoms with van der Waals surface area (Å²) in [6.45, 7) is 7.72. The number of hydrogen-bond acceptors (Lipinski definition) is 3. The van der Waals surface area contributed by atoms with Crippen LogP contribution >= 0.6 is 0 Å². The van der Waals surface area contributed by atoms with Crippen molar-refractivity contribution in [3.05, 3.63) is 11.6 Å². The maximum Gasteiger partial charge on any atom is 0.191 e. The number of aryl methyl sites for hydroxylation is 1. The van der Waals surface area contributed by atoms with Gasteiger partial charge in [-0.2, -0.15) is 0 Å². The number of nitrogens with zero attached hydrogens (tertiary/aromatic N) is 4. The van der Waals surface area contributed by atoms with Crippen LogP contribution < -0.4 is 10.6 Å². The van der Waals surface area contributed by atoms with Crippen LogP contribution in [0.15, 0.2) is 4.99 Å². The summed E-state index contributed by atoms with van der Waals surface area (Å²) in [5.41, 5.74) is 0. The van der Waals surface area contributed by atoms with Gasteiger partial charge in [0.25, 0.3) is 0 Å². The van der Waals surface area contributed by atoms with Gasteiger partial charge in [-0.3, -0.25) is 0 Å². The highest BCUT2D eigenvalue weighted by atomic mass is 15.3. The van der Waals surface area contributed by atoms with E-state index in [0.717, 1.165) is 50.1 Å². The zero-order chi connectivity index (χ0) is 14.2. The van der Waals surface area contributed by atoms with E-state index in [4.69, 9.17) is 0 Å². The average Bonchev–Trinajstić information content (AvgIpc) is 2.88. The number of nitrogens with one attached hydrogen (secondary N) is 2. The quantitative estimate of drug-likeness (QED) is 0.470. The van der Waals surface area contributed by atoms with Gasteiger partial charge in [0, 0.05) is 26.1 Å². The molecule has 0 saturated carbocycles. The minimum Gasteiger partial charge on any atom is -0.357 e. The summed E-state index contributed by atoms with van der Waals surface area (Å²) >= 11 is 0. The smallest absolute Gasteiger partial charge is 0.191 e. The lowest BCUT2D eigenvalue weighted by molar-refractivity contribution is 0.508. The Morgan fingerprint density at radius 2 is 2.15 bits per heavy atom. The molecular weight excluding hydrogens is 252 g/mol. The fourth-order valence-corrected chi connectivity index (χ4v) is 2.36. The molecule has 0 fully saturated rings. The Morgan fingerprint density at radius 1 is 1.25 bits per heavy atom. The summed E-state index contributed by atoms with van der Waals surface area (Å²) in [5.74, 6) is 2.96. The lowest BCUT2D eigenvalue weighted by Crippen LogP contribution is -2.37. The number of unbranched alkanes of at least 4 members (excludes halogenated alkanes) is 1. The Hall–Kier alpha value is -1.59. The zero-order valence-electron chi connectivity index (χ0n) is 12.7. The van der Waals surface area contributed by atoms with Crippen LogP contribution in [0.4, 0.5) is 0 Å². The van der Waals surface area contributed by atoms with Crippen LogP contribution in [0.3, 0.4) is 0 Å². The summed E-state index contributed by atoms with van der Waals surface area (Å²) in [6, 6.07) is 0. The molecule has 0 unspecified atom stereocenters. The van der Waals surface area contributed by atoms with Gasteiger partial charge in [-0.25, -0.2) is 4.99 Å². The van der Waals surface area contributed by atoms with Gasteiger partial charge in [0.1, 0.15) is 12.4 Å². The second-order valence-corrected chi connectivity index (χ2v) is 5.12. The van der Waals surface area contributed by atoms with E-state index in [2.05, 4.69) is 44.2 Å². The molecule has 0 atom stereocenters. The number of aliphatic imine (C=N–C) groups is 1. The van der Waals surface area contributed by atoms with E-state index in [1.54, 1.807) is 0 Å². The molecule has 6 heteroatoms. The molecule has 2 N–H and O–H groups in total. The van der Waals surface area contributed by atoms with Gasteiger partial charge >= 0.3 is 0 Å². The molecule has 1 aliphatic heterocycles. The lowest BCUT2D eigenvalue weighted by Gasteiger charge is -2.14. The van der Waals surface area contributed by atoms with Crippen molar-refractivity contribution in [2.45, 2.75) is 59.0 Å². The molecule has 1 aromatic rings. The number of rotatable bonds is 6. The van der Waals surface area contributed by atoms with Crippen molar-refractivity contribution in [3.8, 4) is 0 Å². The Kier molecular flexibility index (Phi) is 5.83. The van der Waals surface area contributed by atoms with E-state index < -0.39 is 0 Å². The standard InChI is InChI=1S/C14H26N6/c1-3-5-9-16-14(15-4-2)17-11-13-19-18-12-8-6-7-10-20(12)13/h3-11H2,1-2H3,(H2,15,16,17). The lowest BCUT2D eigenvalue weighted by atomic mass is 10.2. The van der Waals surface area contributed by atoms with Gasteiger partial charge in [-0.1, -0.05) is 13.3 Å². The molecule has 1 aromatic heterocycles. The molecule has 0 bridgehead atoms. The highest BCUT2D eigenvalue weighted by molar-refractivity contribution is 5.79. The molecule has 2 heterocycles. The predicted octanol–water partition coefficient (Wildman–Crippen LogP) is 1.47. The topological polar surface area (TPSA) is 67.1 Å². The Balaban J connectivity index is 1.95. The minimum atomic E-state index is 0.592. The van der Waals surface area contributed by atoms with E-state index in [0.29, 0.717) is 6.54 Å². The normalized spacial score (nSPS) is 15.0. The van der Waals surface area contributed by atoms with Crippen LogP contribution in [0.5, 0.6) is 0 Å². The van der Waals surface area contributed by atoms with Crippen molar-refractivity contribution in [2.24, 2.45) is 4.99 Å². The van der Waals surface area contributed by atoms with E-state index in [1.807, 2.05) is 0 Å². The van der Waals surface area contributed by atoms with Gasteiger partial charge in [0.2, 0.25) is 0 Å². The molecular formula is C14H26N6. The molecule has 0 amide bonds. The number of hydrogen-bond donors (Lipinski definition) is 2. The van der Waals surface area contributed by atoms with E-state index in [9.17, 15) is 0 Å². The van der Waals surface area contributed by atoms with Crippen molar-refractivity contribution in [3.63, 3.8) is 0 Å². The number of aromatic nitrogens is 3. The van der Waals surface area contributed by atoms with Crippen molar-refractivity contribution >= 4 is 5.96 Å². The molecule has 1 aliphatic rings. The number of fused-ring (bicyclic) bond motifs is 1. The van der Waals surface area contributed by atoms with Crippen LogP contribution in [0.1, 0.15) is 51.2 Å². The second kappa shape index (κ2) is 7.87. The summed E-state index contributed by atoms with van der Waals surface area (Å²) in [7, 11) is 0. The Labute approximate surface area is 121 Å². The first-order valence-electron chi connectivity index (χ1n) is 7.78. The van der Waals surface area contributed by atoms with Crippen LogP contribution in [0, 0.1) is 0 Å². The second-order valence-electron chi connectivity index (χ2n) is 5.12. The summed E-state index contributed by atoms with van der Waals surface area (Å²) in [6.07, 6.45) is 5.83.